The summed E-state index contributed by atoms with van der Waals surface area (Å²) < 4.78 is 14.1. The van der Waals surface area contributed by atoms with Gasteiger partial charge in [0, 0.05) is 29.5 Å². The minimum atomic E-state index is -1.06. The van der Waals surface area contributed by atoms with Crippen LogP contribution < -0.4 is 0 Å². The van der Waals surface area contributed by atoms with Crippen molar-refractivity contribution in [3.63, 3.8) is 0 Å². The lowest BCUT2D eigenvalue weighted by Crippen LogP contribution is -2.00. The first-order valence-corrected chi connectivity index (χ1v) is 8.15. The van der Waals surface area contributed by atoms with Crippen molar-refractivity contribution in [3.8, 4) is 11.4 Å². The summed E-state index contributed by atoms with van der Waals surface area (Å²) in [6.07, 6.45) is 1.54. The summed E-state index contributed by atoms with van der Waals surface area (Å²) in [6.45, 7) is 8.96. The van der Waals surface area contributed by atoms with Gasteiger partial charge in [-0.25, -0.2) is 14.8 Å². The molecule has 6 heteroatoms. The van der Waals surface area contributed by atoms with E-state index in [9.17, 15) is 4.21 Å². The average Bonchev–Trinajstić information content (AvgIpc) is 2.90. The first-order valence-electron chi connectivity index (χ1n) is 6.83. The number of rotatable bonds is 3. The van der Waals surface area contributed by atoms with Crippen molar-refractivity contribution in [3.05, 3.63) is 47.9 Å². The Morgan fingerprint density at radius 3 is 2.86 bits per heavy atom. The molecule has 1 aromatic carbocycles. The second-order valence-electron chi connectivity index (χ2n) is 4.77. The highest BCUT2D eigenvalue weighted by Crippen LogP contribution is 2.29. The fourth-order valence-electron chi connectivity index (χ4n) is 2.37. The van der Waals surface area contributed by atoms with Gasteiger partial charge in [-0.05, 0) is 12.1 Å². The lowest BCUT2D eigenvalue weighted by Gasteiger charge is -2.08. The molecule has 0 bridgehead atoms. The molecule has 0 radical (unpaired) electrons. The zero-order valence-electron chi connectivity index (χ0n) is 12.3. The number of hydrogen-bond donors (Lipinski definition) is 0. The number of fused-ring (bicyclic) bond motifs is 1. The summed E-state index contributed by atoms with van der Waals surface area (Å²) in [5.74, 6) is 1.27. The summed E-state index contributed by atoms with van der Waals surface area (Å²) in [6, 6.07) is 9.29. The Bertz CT molecular complexity index is 924. The number of benzene rings is 1. The quantitative estimate of drug-likeness (QED) is 0.697. The lowest BCUT2D eigenvalue weighted by atomic mass is 10.2. The number of aryl methyl sites for hydroxylation is 1. The third-order valence-corrected chi connectivity index (χ3v) is 4.83. The molecule has 1 atom stereocenters. The molecule has 110 valence electrons. The van der Waals surface area contributed by atoms with Gasteiger partial charge in [0.2, 0.25) is 5.69 Å². The summed E-state index contributed by atoms with van der Waals surface area (Å²) in [7, 11) is 0.815. The number of hydrogen-bond acceptors (Lipinski definition) is 3. The predicted molar refractivity (Wildman–Crippen MR) is 87.2 cm³/mol. The van der Waals surface area contributed by atoms with Crippen LogP contribution in [0.2, 0.25) is 0 Å². The van der Waals surface area contributed by atoms with Crippen LogP contribution in [0.15, 0.2) is 41.4 Å². The van der Waals surface area contributed by atoms with Crippen LogP contribution in [0, 0.1) is 6.57 Å². The van der Waals surface area contributed by atoms with Gasteiger partial charge in [-0.2, -0.15) is 0 Å². The van der Waals surface area contributed by atoms with E-state index in [1.165, 1.54) is 6.20 Å². The van der Waals surface area contributed by atoms with Gasteiger partial charge in [0.05, 0.1) is 22.9 Å². The standard InChI is InChI=1S/C16H14N4OS/c1-4-22(21)14-8-6-5-7-12(14)15-19-13-9-11(17-2)10-18-16(13)20(15)3/h5-10H,4H2,1,3H3. The normalized spacial score (nSPS) is 12.2. The number of pyridine rings is 1. The van der Waals surface area contributed by atoms with Gasteiger partial charge in [0.25, 0.3) is 0 Å². The number of aromatic nitrogens is 3. The largest absolute Gasteiger partial charge is 0.312 e. The van der Waals surface area contributed by atoms with Gasteiger partial charge < -0.3 is 4.57 Å². The van der Waals surface area contributed by atoms with Crippen LogP contribution in [0.4, 0.5) is 5.69 Å². The molecule has 0 saturated heterocycles. The highest BCUT2D eigenvalue weighted by atomic mass is 32.2. The van der Waals surface area contributed by atoms with E-state index in [0.29, 0.717) is 28.4 Å². The number of imidazole rings is 1. The monoisotopic (exact) mass is 310 g/mol. The minimum Gasteiger partial charge on any atom is -0.312 e. The zero-order chi connectivity index (χ0) is 15.7. The summed E-state index contributed by atoms with van der Waals surface area (Å²) in [4.78, 5) is 13.0. The minimum absolute atomic E-state index is 0.461. The van der Waals surface area contributed by atoms with Gasteiger partial charge in [-0.3, -0.25) is 4.21 Å². The van der Waals surface area contributed by atoms with Crippen molar-refractivity contribution in [2.75, 3.05) is 5.75 Å². The fraction of sp³-hybridized carbons (Fsp3) is 0.188. The molecule has 1 unspecified atom stereocenters. The molecule has 0 saturated carbocycles. The van der Waals surface area contributed by atoms with Crippen LogP contribution in [0.1, 0.15) is 6.92 Å². The van der Waals surface area contributed by atoms with Crippen LogP contribution in [0.25, 0.3) is 27.4 Å². The third-order valence-electron chi connectivity index (χ3n) is 3.46. The second kappa shape index (κ2) is 5.70. The predicted octanol–water partition coefficient (Wildman–Crippen LogP) is 3.31. The van der Waals surface area contributed by atoms with Gasteiger partial charge in [-0.15, -0.1) is 0 Å². The molecule has 0 aliphatic heterocycles. The van der Waals surface area contributed by atoms with Gasteiger partial charge in [0.15, 0.2) is 5.65 Å². The molecular weight excluding hydrogens is 296 g/mol. The summed E-state index contributed by atoms with van der Waals surface area (Å²) >= 11 is 0. The van der Waals surface area contributed by atoms with Crippen molar-refractivity contribution in [1.29, 1.82) is 0 Å². The molecule has 5 nitrogen and oxygen atoms in total. The average molecular weight is 310 g/mol. The van der Waals surface area contributed by atoms with Crippen LogP contribution in [-0.4, -0.2) is 24.5 Å². The van der Waals surface area contributed by atoms with Crippen molar-refractivity contribution < 1.29 is 4.21 Å². The maximum atomic E-state index is 12.3. The lowest BCUT2D eigenvalue weighted by molar-refractivity contribution is 0.684. The fourth-order valence-corrected chi connectivity index (χ4v) is 3.32. The van der Waals surface area contributed by atoms with E-state index in [4.69, 9.17) is 6.57 Å². The first-order chi connectivity index (χ1) is 10.7. The SMILES string of the molecule is [C-]#[N+]c1cnc2c(c1)nc(-c1ccccc1S(=O)CC)n2C. The molecule has 0 N–H and O–H groups in total. The summed E-state index contributed by atoms with van der Waals surface area (Å²) in [5.41, 5.74) is 2.68. The Morgan fingerprint density at radius 2 is 2.14 bits per heavy atom. The second-order valence-corrected chi connectivity index (χ2v) is 6.48. The smallest absolute Gasteiger partial charge is 0.207 e. The first kappa shape index (κ1) is 14.4. The number of nitrogens with zero attached hydrogens (tertiary/aromatic N) is 4. The van der Waals surface area contributed by atoms with E-state index in [2.05, 4.69) is 14.8 Å². The molecule has 0 amide bonds. The molecule has 0 fully saturated rings. The Morgan fingerprint density at radius 1 is 1.36 bits per heavy atom. The van der Waals surface area contributed by atoms with Crippen molar-refractivity contribution in [1.82, 2.24) is 14.5 Å². The van der Waals surface area contributed by atoms with E-state index >= 15 is 0 Å². The Hall–Kier alpha value is -2.52. The molecule has 0 aliphatic rings. The van der Waals surface area contributed by atoms with Crippen LogP contribution >= 0.6 is 0 Å². The van der Waals surface area contributed by atoms with Gasteiger partial charge >= 0.3 is 0 Å². The van der Waals surface area contributed by atoms with Crippen LogP contribution in [-0.2, 0) is 17.8 Å². The molecule has 2 heterocycles. The molecule has 2 aromatic heterocycles. The summed E-state index contributed by atoms with van der Waals surface area (Å²) in [5, 5.41) is 0. The molecule has 3 rings (SSSR count). The van der Waals surface area contributed by atoms with E-state index in [0.717, 1.165) is 10.5 Å². The Balaban J connectivity index is 2.26. The van der Waals surface area contributed by atoms with Crippen molar-refractivity contribution in [2.24, 2.45) is 7.05 Å². The topological polar surface area (TPSA) is 52.1 Å². The third kappa shape index (κ3) is 2.30. The Kier molecular flexibility index (Phi) is 3.73. The maximum absolute atomic E-state index is 12.3. The highest BCUT2D eigenvalue weighted by Gasteiger charge is 2.16. The molecular formula is C16H14N4OS. The van der Waals surface area contributed by atoms with E-state index in [1.807, 2.05) is 42.8 Å². The molecule has 22 heavy (non-hydrogen) atoms. The Labute approximate surface area is 130 Å². The van der Waals surface area contributed by atoms with E-state index < -0.39 is 10.8 Å². The van der Waals surface area contributed by atoms with E-state index in [1.54, 1.807) is 6.07 Å². The maximum Gasteiger partial charge on any atom is 0.207 e. The highest BCUT2D eigenvalue weighted by molar-refractivity contribution is 7.85. The molecule has 3 aromatic rings. The molecule has 0 spiro atoms. The molecule has 0 aliphatic carbocycles. The van der Waals surface area contributed by atoms with Crippen molar-refractivity contribution in [2.45, 2.75) is 11.8 Å². The zero-order valence-corrected chi connectivity index (χ0v) is 13.1. The van der Waals surface area contributed by atoms with Crippen LogP contribution in [0.3, 0.4) is 0 Å². The van der Waals surface area contributed by atoms with Gasteiger partial charge in [0.1, 0.15) is 5.82 Å². The van der Waals surface area contributed by atoms with E-state index in [-0.39, 0.29) is 0 Å². The van der Waals surface area contributed by atoms with Crippen LogP contribution in [0.5, 0.6) is 0 Å². The van der Waals surface area contributed by atoms with Crippen molar-refractivity contribution >= 4 is 27.7 Å². The van der Waals surface area contributed by atoms with Gasteiger partial charge in [-0.1, -0.05) is 25.1 Å².